The maximum absolute atomic E-state index is 4.97. The molecule has 4 heterocycles. The Bertz CT molecular complexity index is 955. The highest BCUT2D eigenvalue weighted by Crippen LogP contribution is 2.27. The molecule has 5 rings (SSSR count). The van der Waals surface area contributed by atoms with Gasteiger partial charge in [0.05, 0.1) is 11.1 Å². The van der Waals surface area contributed by atoms with E-state index in [1.54, 1.807) is 6.33 Å². The minimum atomic E-state index is 0.878. The van der Waals surface area contributed by atoms with Crippen LogP contribution in [0.3, 0.4) is 0 Å². The maximum Gasteiger partial charge on any atom is 0.168 e. The van der Waals surface area contributed by atoms with E-state index >= 15 is 0 Å². The Hall–Kier alpha value is -2.51. The molecule has 152 valence electrons. The van der Waals surface area contributed by atoms with E-state index in [9.17, 15) is 0 Å². The number of hydrogen-bond acceptors (Lipinski definition) is 6. The molecule has 2 aliphatic heterocycles. The third kappa shape index (κ3) is 3.97. The Kier molecular flexibility index (Phi) is 5.41. The second-order valence-electron chi connectivity index (χ2n) is 8.05. The van der Waals surface area contributed by atoms with Crippen LogP contribution in [0.1, 0.15) is 24.8 Å². The lowest BCUT2D eigenvalue weighted by Gasteiger charge is -2.27. The van der Waals surface area contributed by atoms with Crippen molar-refractivity contribution in [3.63, 3.8) is 0 Å². The molecule has 2 saturated heterocycles. The van der Waals surface area contributed by atoms with Gasteiger partial charge < -0.3 is 15.1 Å². The zero-order valence-corrected chi connectivity index (χ0v) is 16.9. The first kappa shape index (κ1) is 18.5. The standard InChI is InChI=1S/C22H29N7/c1-2-11-27(10-1)12-4-6-18-5-3-7-19(15-18)29-21-20(16-24-17-25-21)22(26-29)28-13-8-23-9-14-28/h3,5,7,15-17,23H,1-2,4,6,8-14H2. The van der Waals surface area contributed by atoms with Crippen LogP contribution in [0.25, 0.3) is 16.7 Å². The third-order valence-corrected chi connectivity index (χ3v) is 6.04. The number of nitrogens with one attached hydrogen (secondary N) is 1. The van der Waals surface area contributed by atoms with Crippen LogP contribution < -0.4 is 10.2 Å². The number of benzene rings is 1. The van der Waals surface area contributed by atoms with E-state index in [1.807, 2.05) is 10.9 Å². The predicted molar refractivity (Wildman–Crippen MR) is 116 cm³/mol. The zero-order valence-electron chi connectivity index (χ0n) is 16.9. The van der Waals surface area contributed by atoms with Gasteiger partial charge in [0.2, 0.25) is 0 Å². The van der Waals surface area contributed by atoms with Crippen molar-refractivity contribution < 1.29 is 0 Å². The van der Waals surface area contributed by atoms with Crippen molar-refractivity contribution in [3.8, 4) is 5.69 Å². The Morgan fingerprint density at radius 2 is 1.90 bits per heavy atom. The molecule has 29 heavy (non-hydrogen) atoms. The lowest BCUT2D eigenvalue weighted by molar-refractivity contribution is 0.334. The van der Waals surface area contributed by atoms with Crippen molar-refractivity contribution in [3.05, 3.63) is 42.4 Å². The van der Waals surface area contributed by atoms with Gasteiger partial charge in [-0.25, -0.2) is 14.6 Å². The minimum Gasteiger partial charge on any atom is -0.352 e. The van der Waals surface area contributed by atoms with E-state index in [1.165, 1.54) is 44.5 Å². The predicted octanol–water partition coefficient (Wildman–Crippen LogP) is 2.25. The van der Waals surface area contributed by atoms with E-state index in [4.69, 9.17) is 5.10 Å². The number of likely N-dealkylation sites (tertiary alicyclic amines) is 1. The van der Waals surface area contributed by atoms with Crippen LogP contribution in [0.2, 0.25) is 0 Å². The van der Waals surface area contributed by atoms with E-state index in [0.717, 1.165) is 55.1 Å². The number of aryl methyl sites for hydroxylation is 1. The first-order valence-electron chi connectivity index (χ1n) is 10.8. The summed E-state index contributed by atoms with van der Waals surface area (Å²) in [4.78, 5) is 13.7. The van der Waals surface area contributed by atoms with E-state index < -0.39 is 0 Å². The summed E-state index contributed by atoms with van der Waals surface area (Å²) in [5, 5.41) is 9.40. The second-order valence-corrected chi connectivity index (χ2v) is 8.05. The first-order valence-corrected chi connectivity index (χ1v) is 10.8. The first-order chi connectivity index (χ1) is 14.4. The zero-order chi connectivity index (χ0) is 19.5. The number of fused-ring (bicyclic) bond motifs is 1. The second kappa shape index (κ2) is 8.47. The Morgan fingerprint density at radius 1 is 1.03 bits per heavy atom. The van der Waals surface area contributed by atoms with Gasteiger partial charge in [-0.3, -0.25) is 0 Å². The number of piperazine rings is 1. The minimum absolute atomic E-state index is 0.878. The summed E-state index contributed by atoms with van der Waals surface area (Å²) < 4.78 is 1.98. The van der Waals surface area contributed by atoms with Crippen LogP contribution in [0.5, 0.6) is 0 Å². The molecular formula is C22H29N7. The summed E-state index contributed by atoms with van der Waals surface area (Å²) in [6.45, 7) is 7.62. The van der Waals surface area contributed by atoms with Gasteiger partial charge in [-0.2, -0.15) is 0 Å². The van der Waals surface area contributed by atoms with Crippen LogP contribution in [-0.4, -0.2) is 70.5 Å². The van der Waals surface area contributed by atoms with Crippen molar-refractivity contribution in [2.75, 3.05) is 50.7 Å². The molecule has 2 aliphatic rings. The molecule has 7 heteroatoms. The van der Waals surface area contributed by atoms with Gasteiger partial charge in [-0.15, -0.1) is 5.10 Å². The number of nitrogens with zero attached hydrogens (tertiary/aromatic N) is 6. The molecule has 2 fully saturated rings. The van der Waals surface area contributed by atoms with Crippen LogP contribution in [0, 0.1) is 0 Å². The van der Waals surface area contributed by atoms with Crippen molar-refractivity contribution >= 4 is 16.9 Å². The quantitative estimate of drug-likeness (QED) is 0.695. The van der Waals surface area contributed by atoms with Crippen LogP contribution >= 0.6 is 0 Å². The number of rotatable bonds is 6. The molecule has 0 amide bonds. The fourth-order valence-electron chi connectivity index (χ4n) is 4.49. The molecule has 0 spiro atoms. The Balaban J connectivity index is 1.40. The van der Waals surface area contributed by atoms with Crippen molar-refractivity contribution in [1.82, 2.24) is 30.0 Å². The highest BCUT2D eigenvalue weighted by atomic mass is 15.4. The third-order valence-electron chi connectivity index (χ3n) is 6.04. The average molecular weight is 392 g/mol. The van der Waals surface area contributed by atoms with Gasteiger partial charge in [-0.05, 0) is 63.0 Å². The molecule has 0 unspecified atom stereocenters. The van der Waals surface area contributed by atoms with Gasteiger partial charge in [-0.1, -0.05) is 12.1 Å². The van der Waals surface area contributed by atoms with E-state index in [-0.39, 0.29) is 0 Å². The van der Waals surface area contributed by atoms with Crippen LogP contribution in [-0.2, 0) is 6.42 Å². The smallest absolute Gasteiger partial charge is 0.168 e. The summed E-state index contributed by atoms with van der Waals surface area (Å²) in [5.74, 6) is 0.988. The average Bonchev–Trinajstić information content (AvgIpc) is 3.43. The number of anilines is 1. The molecule has 1 N–H and O–H groups in total. The highest BCUT2D eigenvalue weighted by Gasteiger charge is 2.20. The van der Waals surface area contributed by atoms with Gasteiger partial charge in [0.1, 0.15) is 6.33 Å². The summed E-state index contributed by atoms with van der Waals surface area (Å²) in [6.07, 6.45) is 8.53. The number of aromatic nitrogens is 4. The molecule has 0 bridgehead atoms. The van der Waals surface area contributed by atoms with E-state index in [0.29, 0.717) is 0 Å². The summed E-state index contributed by atoms with van der Waals surface area (Å²) in [7, 11) is 0. The fourth-order valence-corrected chi connectivity index (χ4v) is 4.49. The Morgan fingerprint density at radius 3 is 2.76 bits per heavy atom. The Labute approximate surface area is 171 Å². The molecule has 2 aromatic heterocycles. The van der Waals surface area contributed by atoms with Gasteiger partial charge in [0.15, 0.2) is 11.5 Å². The SMILES string of the molecule is c1cc(CCCN2CCCC2)cc(-n2nc(N3CCNCC3)c3cncnc32)c1. The molecule has 0 saturated carbocycles. The van der Waals surface area contributed by atoms with Crippen molar-refractivity contribution in [1.29, 1.82) is 0 Å². The lowest BCUT2D eigenvalue weighted by atomic mass is 10.1. The van der Waals surface area contributed by atoms with Crippen LogP contribution in [0.4, 0.5) is 5.82 Å². The summed E-state index contributed by atoms with van der Waals surface area (Å²) >= 11 is 0. The molecule has 0 aliphatic carbocycles. The van der Waals surface area contributed by atoms with E-state index in [2.05, 4.69) is 49.4 Å². The monoisotopic (exact) mass is 391 g/mol. The normalized spacial score (nSPS) is 18.0. The van der Waals surface area contributed by atoms with Crippen molar-refractivity contribution in [2.45, 2.75) is 25.7 Å². The molecular weight excluding hydrogens is 362 g/mol. The maximum atomic E-state index is 4.97. The lowest BCUT2D eigenvalue weighted by Crippen LogP contribution is -2.43. The molecule has 7 nitrogen and oxygen atoms in total. The molecule has 1 aromatic carbocycles. The van der Waals surface area contributed by atoms with Crippen molar-refractivity contribution in [2.24, 2.45) is 0 Å². The highest BCUT2D eigenvalue weighted by molar-refractivity contribution is 5.88. The molecule has 3 aromatic rings. The summed E-state index contributed by atoms with van der Waals surface area (Å²) in [5.41, 5.74) is 3.32. The van der Waals surface area contributed by atoms with Crippen LogP contribution in [0.15, 0.2) is 36.8 Å². The van der Waals surface area contributed by atoms with Gasteiger partial charge >= 0.3 is 0 Å². The fraction of sp³-hybridized carbons (Fsp3) is 0.500. The molecule has 0 atom stereocenters. The molecule has 0 radical (unpaired) electrons. The largest absolute Gasteiger partial charge is 0.352 e. The topological polar surface area (TPSA) is 62.1 Å². The van der Waals surface area contributed by atoms with Gasteiger partial charge in [0.25, 0.3) is 0 Å². The van der Waals surface area contributed by atoms with Gasteiger partial charge in [0, 0.05) is 32.4 Å². The number of hydrogen-bond donors (Lipinski definition) is 1. The summed E-state index contributed by atoms with van der Waals surface area (Å²) in [6, 6.07) is 8.76.